The molecule has 0 spiro atoms. The highest BCUT2D eigenvalue weighted by Crippen LogP contribution is 2.39. The average molecular weight is 601 g/mol. The summed E-state index contributed by atoms with van der Waals surface area (Å²) in [6.07, 6.45) is 0. The Kier molecular flexibility index (Phi) is 7.61. The van der Waals surface area contributed by atoms with Crippen molar-refractivity contribution in [1.82, 2.24) is 0 Å². The molecular formula is C45H33BO. The van der Waals surface area contributed by atoms with E-state index in [1.54, 1.807) is 7.11 Å². The smallest absolute Gasteiger partial charge is 0.242 e. The van der Waals surface area contributed by atoms with E-state index in [0.29, 0.717) is 0 Å². The summed E-state index contributed by atoms with van der Waals surface area (Å²) in [6.45, 7) is -0.0921. The molecule has 0 fully saturated rings. The summed E-state index contributed by atoms with van der Waals surface area (Å²) in [6, 6.07) is 65.9. The SMILES string of the molecule is COc1ccccc1/C(=C(\B(c1ccc2ccccc2c1)c1ccc2ccccc2c1)c1ccc2ccccc2c1)c1ccccc1. The zero-order valence-corrected chi connectivity index (χ0v) is 26.3. The quantitative estimate of drug-likeness (QED) is 0.131. The molecule has 1 nitrogen and oxygen atoms in total. The van der Waals surface area contributed by atoms with Crippen LogP contribution in [-0.2, 0) is 0 Å². The maximum atomic E-state index is 6.08. The van der Waals surface area contributed by atoms with Crippen LogP contribution in [0.3, 0.4) is 0 Å². The lowest BCUT2D eigenvalue weighted by Gasteiger charge is -2.26. The van der Waals surface area contributed by atoms with Crippen molar-refractivity contribution in [2.45, 2.75) is 0 Å². The molecule has 0 heterocycles. The van der Waals surface area contributed by atoms with Crippen LogP contribution in [0.5, 0.6) is 5.75 Å². The van der Waals surface area contributed by atoms with Crippen molar-refractivity contribution in [3.8, 4) is 5.75 Å². The molecule has 0 aliphatic carbocycles. The second-order valence-electron chi connectivity index (χ2n) is 12.1. The van der Waals surface area contributed by atoms with Crippen LogP contribution < -0.4 is 15.7 Å². The van der Waals surface area contributed by atoms with Gasteiger partial charge in [0, 0.05) is 5.56 Å². The fourth-order valence-corrected chi connectivity index (χ4v) is 7.02. The fraction of sp³-hybridized carbons (Fsp3) is 0.0222. The fourth-order valence-electron chi connectivity index (χ4n) is 7.02. The molecule has 47 heavy (non-hydrogen) atoms. The lowest BCUT2D eigenvalue weighted by molar-refractivity contribution is 0.413. The second-order valence-corrected chi connectivity index (χ2v) is 12.1. The Hall–Kier alpha value is -5.86. The van der Waals surface area contributed by atoms with Crippen molar-refractivity contribution < 1.29 is 4.74 Å². The van der Waals surface area contributed by atoms with E-state index in [9.17, 15) is 0 Å². The maximum absolute atomic E-state index is 6.08. The molecule has 0 radical (unpaired) electrons. The van der Waals surface area contributed by atoms with Crippen molar-refractivity contribution in [3.63, 3.8) is 0 Å². The van der Waals surface area contributed by atoms with Crippen LogP contribution in [0.1, 0.15) is 16.7 Å². The van der Waals surface area contributed by atoms with E-state index in [2.05, 4.69) is 176 Å². The van der Waals surface area contributed by atoms with Gasteiger partial charge in [0.1, 0.15) is 5.75 Å². The number of para-hydroxylation sites is 1. The summed E-state index contributed by atoms with van der Waals surface area (Å²) < 4.78 is 6.08. The van der Waals surface area contributed by atoms with Gasteiger partial charge in [-0.25, -0.2) is 0 Å². The molecule has 8 aromatic carbocycles. The van der Waals surface area contributed by atoms with Crippen LogP contribution >= 0.6 is 0 Å². The number of rotatable bonds is 7. The Labute approximate surface area is 276 Å². The first kappa shape index (κ1) is 28.6. The monoisotopic (exact) mass is 600 g/mol. The Morgan fingerprint density at radius 1 is 0.404 bits per heavy atom. The minimum absolute atomic E-state index is 0.0921. The molecule has 0 aromatic heterocycles. The van der Waals surface area contributed by atoms with Crippen LogP contribution in [0.25, 0.3) is 43.4 Å². The molecule has 0 aliphatic rings. The van der Waals surface area contributed by atoms with Gasteiger partial charge in [-0.2, -0.15) is 0 Å². The predicted molar refractivity (Wildman–Crippen MR) is 202 cm³/mol. The van der Waals surface area contributed by atoms with Crippen molar-refractivity contribution in [3.05, 3.63) is 199 Å². The van der Waals surface area contributed by atoms with Crippen LogP contribution in [0, 0.1) is 0 Å². The van der Waals surface area contributed by atoms with E-state index in [1.807, 2.05) is 6.07 Å². The van der Waals surface area contributed by atoms with E-state index in [-0.39, 0.29) is 6.71 Å². The van der Waals surface area contributed by atoms with Crippen molar-refractivity contribution in [2.75, 3.05) is 7.11 Å². The summed E-state index contributed by atoms with van der Waals surface area (Å²) in [4.78, 5) is 0. The van der Waals surface area contributed by atoms with Crippen molar-refractivity contribution in [1.29, 1.82) is 0 Å². The van der Waals surface area contributed by atoms with Gasteiger partial charge in [-0.3, -0.25) is 0 Å². The van der Waals surface area contributed by atoms with Crippen LogP contribution in [0.15, 0.2) is 182 Å². The Bertz CT molecular complexity index is 2330. The van der Waals surface area contributed by atoms with E-state index < -0.39 is 0 Å². The average Bonchev–Trinajstić information content (AvgIpc) is 3.15. The zero-order chi connectivity index (χ0) is 31.6. The van der Waals surface area contributed by atoms with E-state index in [1.165, 1.54) is 54.3 Å². The topological polar surface area (TPSA) is 9.23 Å². The molecule has 0 unspecified atom stereocenters. The van der Waals surface area contributed by atoms with Gasteiger partial charge in [0.2, 0.25) is 6.71 Å². The third-order valence-corrected chi connectivity index (χ3v) is 9.27. The Morgan fingerprint density at radius 3 is 1.45 bits per heavy atom. The Morgan fingerprint density at radius 2 is 0.872 bits per heavy atom. The number of methoxy groups -OCH3 is 1. The highest BCUT2D eigenvalue weighted by molar-refractivity contribution is 7.01. The van der Waals surface area contributed by atoms with Gasteiger partial charge < -0.3 is 4.74 Å². The number of benzene rings is 8. The summed E-state index contributed by atoms with van der Waals surface area (Å²) in [5, 5.41) is 7.36. The van der Waals surface area contributed by atoms with Gasteiger partial charge >= 0.3 is 0 Å². The lowest BCUT2D eigenvalue weighted by atomic mass is 9.34. The molecular weight excluding hydrogens is 567 g/mol. The standard InChI is InChI=1S/C45H33BO/c1-47-43-22-12-11-21-42(43)44(35-16-3-2-4-17-35)45(39-24-23-32-13-5-8-18-36(32)29-39)46(40-27-25-33-14-6-9-19-37(33)30-40)41-28-26-34-15-7-10-20-38(34)31-41/h2-31H,1H3/b45-44-. The van der Waals surface area contributed by atoms with Gasteiger partial charge in [0.15, 0.2) is 0 Å². The molecule has 8 aromatic rings. The van der Waals surface area contributed by atoms with Gasteiger partial charge in [0.25, 0.3) is 0 Å². The zero-order valence-electron chi connectivity index (χ0n) is 26.3. The van der Waals surface area contributed by atoms with E-state index in [4.69, 9.17) is 4.74 Å². The van der Waals surface area contributed by atoms with Crippen molar-refractivity contribution >= 4 is 61.0 Å². The highest BCUT2D eigenvalue weighted by Gasteiger charge is 2.31. The van der Waals surface area contributed by atoms with Gasteiger partial charge in [-0.1, -0.05) is 186 Å². The summed E-state index contributed by atoms with van der Waals surface area (Å²) in [7, 11) is 1.77. The molecule has 0 amide bonds. The predicted octanol–water partition coefficient (Wildman–Crippen LogP) is 9.96. The maximum Gasteiger partial charge on any atom is 0.242 e. The van der Waals surface area contributed by atoms with Crippen LogP contribution in [0.4, 0.5) is 0 Å². The molecule has 0 N–H and O–H groups in total. The minimum atomic E-state index is -0.0921. The van der Waals surface area contributed by atoms with Crippen LogP contribution in [-0.4, -0.2) is 13.8 Å². The molecule has 0 aliphatic heterocycles. The number of fused-ring (bicyclic) bond motifs is 3. The van der Waals surface area contributed by atoms with Gasteiger partial charge in [-0.05, 0) is 61.2 Å². The van der Waals surface area contributed by atoms with Gasteiger partial charge in [-0.15, -0.1) is 0 Å². The summed E-state index contributed by atoms with van der Waals surface area (Å²) in [5.41, 5.74) is 8.26. The van der Waals surface area contributed by atoms with E-state index >= 15 is 0 Å². The molecule has 2 heteroatoms. The van der Waals surface area contributed by atoms with Crippen molar-refractivity contribution in [2.24, 2.45) is 0 Å². The minimum Gasteiger partial charge on any atom is -0.496 e. The van der Waals surface area contributed by atoms with E-state index in [0.717, 1.165) is 22.4 Å². The van der Waals surface area contributed by atoms with Gasteiger partial charge in [0.05, 0.1) is 7.11 Å². The molecule has 0 saturated heterocycles. The highest BCUT2D eigenvalue weighted by atomic mass is 16.5. The number of hydrogen-bond acceptors (Lipinski definition) is 1. The molecule has 0 atom stereocenters. The molecule has 222 valence electrons. The van der Waals surface area contributed by atoms with Crippen LogP contribution in [0.2, 0.25) is 0 Å². The lowest BCUT2D eigenvalue weighted by Crippen LogP contribution is -2.44. The summed E-state index contributed by atoms with van der Waals surface area (Å²) >= 11 is 0. The molecule has 0 bridgehead atoms. The number of ether oxygens (including phenoxy) is 1. The Balaban J connectivity index is 1.54. The third kappa shape index (κ3) is 5.49. The summed E-state index contributed by atoms with van der Waals surface area (Å²) in [5.74, 6) is 0.848. The largest absolute Gasteiger partial charge is 0.496 e. The first-order valence-electron chi connectivity index (χ1n) is 16.2. The molecule has 0 saturated carbocycles. The second kappa shape index (κ2) is 12.5. The number of hydrogen-bond donors (Lipinski definition) is 0. The first-order valence-corrected chi connectivity index (χ1v) is 16.2. The first-order chi connectivity index (χ1) is 23.3. The third-order valence-electron chi connectivity index (χ3n) is 9.27. The molecule has 8 rings (SSSR count). The normalized spacial score (nSPS) is 11.9.